The molecule has 1 aliphatic carbocycles. The fourth-order valence-electron chi connectivity index (χ4n) is 2.22. The van der Waals surface area contributed by atoms with Gasteiger partial charge in [-0.2, -0.15) is 0 Å². The smallest absolute Gasteiger partial charge is 0.148 e. The Hall–Kier alpha value is -1.46. The fraction of sp³-hybridized carbons (Fsp3) is 0.467. The summed E-state index contributed by atoms with van der Waals surface area (Å²) >= 11 is 0. The molecule has 0 bridgehead atoms. The summed E-state index contributed by atoms with van der Waals surface area (Å²) in [6.45, 7) is 1.28. The van der Waals surface area contributed by atoms with E-state index >= 15 is 0 Å². The number of hydrogen-bond donors (Lipinski definition) is 1. The third-order valence-corrected chi connectivity index (χ3v) is 3.20. The largest absolute Gasteiger partial charge is 0.481 e. The molecule has 1 N–H and O–H groups in total. The van der Waals surface area contributed by atoms with Crippen LogP contribution in [0.4, 0.5) is 0 Å². The molecule has 0 amide bonds. The molecular formula is C15H19NO. The van der Waals surface area contributed by atoms with Gasteiger partial charge >= 0.3 is 0 Å². The molecule has 1 aliphatic rings. The van der Waals surface area contributed by atoms with E-state index in [1.54, 1.807) is 0 Å². The van der Waals surface area contributed by atoms with Crippen molar-refractivity contribution in [2.75, 3.05) is 6.61 Å². The summed E-state index contributed by atoms with van der Waals surface area (Å²) < 4.78 is 5.33. The first-order valence-electron chi connectivity index (χ1n) is 6.27. The minimum Gasteiger partial charge on any atom is -0.481 e. The Balaban J connectivity index is 1.79. The van der Waals surface area contributed by atoms with Crippen LogP contribution in [0.15, 0.2) is 24.3 Å². The van der Waals surface area contributed by atoms with Crippen molar-refractivity contribution in [3.63, 3.8) is 0 Å². The van der Waals surface area contributed by atoms with Crippen LogP contribution in [0.25, 0.3) is 0 Å². The van der Waals surface area contributed by atoms with Crippen LogP contribution in [0.5, 0.6) is 5.75 Å². The summed E-state index contributed by atoms with van der Waals surface area (Å²) in [5.41, 5.74) is 1.30. The van der Waals surface area contributed by atoms with Gasteiger partial charge in [0.2, 0.25) is 0 Å². The van der Waals surface area contributed by atoms with Gasteiger partial charge in [-0.3, -0.25) is 0 Å². The monoisotopic (exact) mass is 229 g/mol. The van der Waals surface area contributed by atoms with Gasteiger partial charge in [0.25, 0.3) is 0 Å². The topological polar surface area (TPSA) is 21.3 Å². The SMILES string of the molecule is C#CCOc1ccc(CNC2CCCC2)cc1. The second kappa shape index (κ2) is 6.32. The summed E-state index contributed by atoms with van der Waals surface area (Å²) in [7, 11) is 0. The van der Waals surface area contributed by atoms with Gasteiger partial charge in [-0.25, -0.2) is 0 Å². The summed E-state index contributed by atoms with van der Waals surface area (Å²) in [5.74, 6) is 3.30. The van der Waals surface area contributed by atoms with Gasteiger partial charge in [-0.1, -0.05) is 30.9 Å². The first kappa shape index (κ1) is 12.0. The molecule has 2 heteroatoms. The first-order valence-corrected chi connectivity index (χ1v) is 6.27. The van der Waals surface area contributed by atoms with Crippen LogP contribution < -0.4 is 10.1 Å². The Morgan fingerprint density at radius 2 is 1.94 bits per heavy atom. The summed E-state index contributed by atoms with van der Waals surface area (Å²) in [6, 6.07) is 8.85. The van der Waals surface area contributed by atoms with Crippen molar-refractivity contribution in [2.45, 2.75) is 38.3 Å². The molecule has 1 fully saturated rings. The maximum Gasteiger partial charge on any atom is 0.148 e. The zero-order valence-electron chi connectivity index (χ0n) is 10.1. The molecule has 0 unspecified atom stereocenters. The Morgan fingerprint density at radius 3 is 2.59 bits per heavy atom. The highest BCUT2D eigenvalue weighted by molar-refractivity contribution is 5.27. The van der Waals surface area contributed by atoms with Crippen molar-refractivity contribution in [1.82, 2.24) is 5.32 Å². The van der Waals surface area contributed by atoms with Crippen molar-refractivity contribution in [1.29, 1.82) is 0 Å². The lowest BCUT2D eigenvalue weighted by molar-refractivity contribution is 0.370. The molecule has 2 rings (SSSR count). The van der Waals surface area contributed by atoms with Crippen LogP contribution in [-0.4, -0.2) is 12.6 Å². The number of hydrogen-bond acceptors (Lipinski definition) is 2. The lowest BCUT2D eigenvalue weighted by Crippen LogP contribution is -2.25. The molecule has 2 nitrogen and oxygen atoms in total. The predicted octanol–water partition coefficient (Wildman–Crippen LogP) is 2.73. The summed E-state index contributed by atoms with van der Waals surface area (Å²) in [5, 5.41) is 3.59. The van der Waals surface area contributed by atoms with Gasteiger partial charge in [0, 0.05) is 12.6 Å². The maximum atomic E-state index is 5.33. The van der Waals surface area contributed by atoms with E-state index < -0.39 is 0 Å². The Kier molecular flexibility index (Phi) is 4.46. The number of terminal acetylenes is 1. The zero-order chi connectivity index (χ0) is 11.9. The molecule has 0 aromatic heterocycles. The van der Waals surface area contributed by atoms with Gasteiger partial charge < -0.3 is 10.1 Å². The molecule has 1 saturated carbocycles. The zero-order valence-corrected chi connectivity index (χ0v) is 10.1. The normalized spacial score (nSPS) is 15.7. The highest BCUT2D eigenvalue weighted by Crippen LogP contribution is 2.18. The first-order chi connectivity index (χ1) is 8.38. The Bertz CT molecular complexity index is 371. The number of nitrogens with one attached hydrogen (secondary N) is 1. The molecule has 0 spiro atoms. The lowest BCUT2D eigenvalue weighted by atomic mass is 10.2. The molecule has 0 saturated heterocycles. The average molecular weight is 229 g/mol. The molecule has 0 radical (unpaired) electrons. The third-order valence-electron chi connectivity index (χ3n) is 3.20. The van der Waals surface area contributed by atoms with Gasteiger partial charge in [0.05, 0.1) is 0 Å². The Morgan fingerprint density at radius 1 is 1.24 bits per heavy atom. The quantitative estimate of drug-likeness (QED) is 0.784. The molecule has 0 heterocycles. The van der Waals surface area contributed by atoms with Crippen molar-refractivity contribution in [3.8, 4) is 18.1 Å². The van der Waals surface area contributed by atoms with E-state index in [-0.39, 0.29) is 0 Å². The van der Waals surface area contributed by atoms with Crippen LogP contribution >= 0.6 is 0 Å². The summed E-state index contributed by atoms with van der Waals surface area (Å²) in [6.07, 6.45) is 10.5. The number of benzene rings is 1. The van der Waals surface area contributed by atoms with Crippen LogP contribution in [0, 0.1) is 12.3 Å². The van der Waals surface area contributed by atoms with E-state index in [9.17, 15) is 0 Å². The molecule has 1 aromatic carbocycles. The van der Waals surface area contributed by atoms with Crippen LogP contribution in [0.2, 0.25) is 0 Å². The van der Waals surface area contributed by atoms with E-state index in [4.69, 9.17) is 11.2 Å². The van der Waals surface area contributed by atoms with Crippen molar-refractivity contribution in [3.05, 3.63) is 29.8 Å². The van der Waals surface area contributed by atoms with E-state index in [0.29, 0.717) is 12.6 Å². The van der Waals surface area contributed by atoms with Crippen LogP contribution in [0.3, 0.4) is 0 Å². The highest BCUT2D eigenvalue weighted by atomic mass is 16.5. The van der Waals surface area contributed by atoms with E-state index in [1.165, 1.54) is 31.2 Å². The minimum absolute atomic E-state index is 0.333. The van der Waals surface area contributed by atoms with Crippen molar-refractivity contribution >= 4 is 0 Å². The molecule has 1 aromatic rings. The number of rotatable bonds is 5. The molecular weight excluding hydrogens is 210 g/mol. The maximum absolute atomic E-state index is 5.33. The number of ether oxygens (including phenoxy) is 1. The highest BCUT2D eigenvalue weighted by Gasteiger charge is 2.13. The van der Waals surface area contributed by atoms with Gasteiger partial charge in [0.1, 0.15) is 12.4 Å². The third kappa shape index (κ3) is 3.80. The van der Waals surface area contributed by atoms with Crippen molar-refractivity contribution in [2.24, 2.45) is 0 Å². The average Bonchev–Trinajstić information content (AvgIpc) is 2.88. The van der Waals surface area contributed by atoms with Gasteiger partial charge in [-0.15, -0.1) is 6.42 Å². The van der Waals surface area contributed by atoms with Gasteiger partial charge in [-0.05, 0) is 30.5 Å². The van der Waals surface area contributed by atoms with Crippen LogP contribution in [-0.2, 0) is 6.54 Å². The standard InChI is InChI=1S/C15H19NO/c1-2-11-17-15-9-7-13(8-10-15)12-16-14-5-3-4-6-14/h1,7-10,14,16H,3-6,11-12H2. The summed E-state index contributed by atoms with van der Waals surface area (Å²) in [4.78, 5) is 0. The molecule has 0 aliphatic heterocycles. The van der Waals surface area contributed by atoms with Crippen molar-refractivity contribution < 1.29 is 4.74 Å². The molecule has 0 atom stereocenters. The second-order valence-corrected chi connectivity index (χ2v) is 4.50. The van der Waals surface area contributed by atoms with Gasteiger partial charge in [0.15, 0.2) is 0 Å². The minimum atomic E-state index is 0.333. The lowest BCUT2D eigenvalue weighted by Gasteiger charge is -2.11. The predicted molar refractivity (Wildman–Crippen MR) is 69.9 cm³/mol. The second-order valence-electron chi connectivity index (χ2n) is 4.50. The van der Waals surface area contributed by atoms with E-state index in [0.717, 1.165) is 12.3 Å². The van der Waals surface area contributed by atoms with E-state index in [2.05, 4.69) is 23.4 Å². The molecule has 17 heavy (non-hydrogen) atoms. The Labute approximate surface area is 103 Å². The van der Waals surface area contributed by atoms with E-state index in [1.807, 2.05) is 12.1 Å². The molecule has 90 valence electrons. The fourth-order valence-corrected chi connectivity index (χ4v) is 2.22. The van der Waals surface area contributed by atoms with Crippen LogP contribution in [0.1, 0.15) is 31.2 Å².